The van der Waals surface area contributed by atoms with Crippen LogP contribution in [0.1, 0.15) is 0 Å². The Kier molecular flexibility index (Phi) is 6.04. The minimum atomic E-state index is -0.957. The van der Waals surface area contributed by atoms with Gasteiger partial charge in [0.05, 0.1) is 0 Å². The Morgan fingerprint density at radius 3 is 2.00 bits per heavy atom. The van der Waals surface area contributed by atoms with Gasteiger partial charge in [-0.2, -0.15) is 0 Å². The molecule has 5 heteroatoms. The molecule has 0 atom stereocenters. The maximum atomic E-state index is 6.91. The Morgan fingerprint density at radius 2 is 2.00 bits per heavy atom. The van der Waals surface area contributed by atoms with Gasteiger partial charge in [0.1, 0.15) is 0 Å². The van der Waals surface area contributed by atoms with E-state index in [1.807, 2.05) is 22.9 Å². The first-order chi connectivity index (χ1) is 2.64. The van der Waals surface area contributed by atoms with Crippen molar-refractivity contribution in [2.45, 2.75) is 0 Å². The number of halogens is 4. The zero-order valence-corrected chi connectivity index (χ0v) is 10.6. The fourth-order valence-electron chi connectivity index (χ4n) is 0. The molecular weight excluding hydrogens is 522 g/mol. The van der Waals surface area contributed by atoms with Gasteiger partial charge in [-0.05, 0) is 0 Å². The molecule has 0 fully saturated rings. The van der Waals surface area contributed by atoms with Gasteiger partial charge < -0.3 is 0 Å². The summed E-state index contributed by atoms with van der Waals surface area (Å²) in [5.41, 5.74) is 0. The molecule has 0 heterocycles. The van der Waals surface area contributed by atoms with Crippen LogP contribution in [0.3, 0.4) is 0 Å². The second-order valence-corrected chi connectivity index (χ2v) is 24.9. The van der Waals surface area contributed by atoms with E-state index in [1.165, 1.54) is 1.74 Å². The molecule has 0 aliphatic rings. The van der Waals surface area contributed by atoms with Crippen molar-refractivity contribution in [3.63, 3.8) is 0 Å². The van der Waals surface area contributed by atoms with E-state index >= 15 is 0 Å². The van der Waals surface area contributed by atoms with Gasteiger partial charge in [-0.1, -0.05) is 0 Å². The average Bonchev–Trinajstić information content (AvgIpc) is 1.36. The maximum absolute atomic E-state index is 6.91. The van der Waals surface area contributed by atoms with E-state index in [-0.39, 0.29) is 0 Å². The van der Waals surface area contributed by atoms with Gasteiger partial charge in [-0.3, -0.25) is 0 Å². The van der Waals surface area contributed by atoms with Crippen LogP contribution in [0.4, 0.5) is 0 Å². The molecule has 0 unspecified atom stereocenters. The Balaban J connectivity index is 2.99. The van der Waals surface area contributed by atoms with Gasteiger partial charge in [0.2, 0.25) is 0 Å². The Morgan fingerprint density at radius 1 is 1.80 bits per heavy atom. The van der Waals surface area contributed by atoms with Crippen LogP contribution in [0, 0.1) is 0 Å². The minimum absolute atomic E-state index is 0.957. The van der Waals surface area contributed by atoms with Crippen molar-refractivity contribution < 1.29 is 1.41 Å². The molecular formula is HI4N. The fourth-order valence-corrected chi connectivity index (χ4v) is 0. The molecule has 1 nitrogen and oxygen atoms in total. The third-order valence-electron chi connectivity index (χ3n) is 0.0483. The van der Waals surface area contributed by atoms with Crippen LogP contribution in [0.2, 0.25) is 1.41 Å². The second-order valence-electron chi connectivity index (χ2n) is 0.246. The summed E-state index contributed by atoms with van der Waals surface area (Å²) < 4.78 is 8.42. The number of rotatable bonds is 1. The van der Waals surface area contributed by atoms with Crippen molar-refractivity contribution in [3.8, 4) is 0 Å². The zero-order chi connectivity index (χ0) is 5.15. The van der Waals surface area contributed by atoms with Crippen molar-refractivity contribution in [1.29, 1.82) is 0 Å². The topological polar surface area (TPSA) is 12.0 Å². The number of hydrogen-bond donors (Lipinski definition) is 1. The summed E-state index contributed by atoms with van der Waals surface area (Å²) in [6.07, 6.45) is 0. The van der Waals surface area contributed by atoms with E-state index in [0.29, 0.717) is 0 Å². The Labute approximate surface area is 73.5 Å². The molecule has 0 saturated heterocycles. The van der Waals surface area contributed by atoms with Gasteiger partial charge in [0.15, 0.2) is 0 Å². The molecule has 0 bridgehead atoms. The quantitative estimate of drug-likeness (QED) is 0.411. The average molecular weight is 525 g/mol. The molecule has 0 saturated carbocycles. The van der Waals surface area contributed by atoms with Crippen molar-refractivity contribution in [2.24, 2.45) is 0 Å². The molecule has 0 amide bonds. The Bertz CT molecular complexity index is 28.5. The summed E-state index contributed by atoms with van der Waals surface area (Å²) in [6.45, 7) is 0. The van der Waals surface area contributed by atoms with Gasteiger partial charge in [0.25, 0.3) is 0 Å². The summed E-state index contributed by atoms with van der Waals surface area (Å²) in [4.78, 5) is 0. The van der Waals surface area contributed by atoms with Gasteiger partial charge in [0, 0.05) is 0 Å². The summed E-state index contributed by atoms with van der Waals surface area (Å²) in [7, 11) is 0. The van der Waals surface area contributed by atoms with Gasteiger partial charge in [-0.25, -0.2) is 0 Å². The van der Waals surface area contributed by atoms with E-state index in [4.69, 9.17) is 1.41 Å². The monoisotopic (exact) mass is 525 g/mol. The van der Waals surface area contributed by atoms with E-state index in [2.05, 4.69) is 37.2 Å². The van der Waals surface area contributed by atoms with Crippen molar-refractivity contribution >= 4 is 72.2 Å². The van der Waals surface area contributed by atoms with Crippen LogP contribution in [0.15, 0.2) is 0 Å². The SMILES string of the molecule is [3H]N(I)I(I)I. The summed E-state index contributed by atoms with van der Waals surface area (Å²) >= 11 is 5.64. The standard InChI is InChI=1S/HI4N/c1-4(2)5-3/h5H/i/hT. The first kappa shape index (κ1) is 6.01. The predicted octanol–water partition coefficient (Wildman–Crippen LogP) is 3.05. The van der Waals surface area contributed by atoms with E-state index in [9.17, 15) is 0 Å². The first-order valence-electron chi connectivity index (χ1n) is 1.07. The number of hydrogen-bond acceptors (Lipinski definition) is 1. The van der Waals surface area contributed by atoms with Crippen molar-refractivity contribution in [2.75, 3.05) is 0 Å². The Hall–Kier alpha value is 2.88. The number of nitrogens with one attached hydrogen (secondary N) is 1. The summed E-state index contributed by atoms with van der Waals surface area (Å²) in [5.74, 6) is 0. The van der Waals surface area contributed by atoms with Crippen LogP contribution in [0.5, 0.6) is 0 Å². The molecule has 0 rings (SSSR count). The third kappa shape index (κ3) is 6.88. The second kappa shape index (κ2) is 5.03. The van der Waals surface area contributed by atoms with Crippen LogP contribution < -0.4 is 1.74 Å². The fraction of sp³-hybridized carbons (Fsp3) is 0. The van der Waals surface area contributed by atoms with Crippen LogP contribution in [-0.2, 0) is 0 Å². The molecule has 0 radical (unpaired) electrons. The summed E-state index contributed by atoms with van der Waals surface area (Å²) in [5, 5.41) is 0. The van der Waals surface area contributed by atoms with E-state index in [1.54, 1.807) is 0 Å². The van der Waals surface area contributed by atoms with Gasteiger partial charge in [-0.15, -0.1) is 0 Å². The molecule has 0 aromatic rings. The predicted molar refractivity (Wildman–Crippen MR) is 59.2 cm³/mol. The molecule has 0 aromatic heterocycles. The molecule has 0 aliphatic carbocycles. The molecule has 0 aromatic carbocycles. The molecule has 0 aliphatic heterocycles. The first-order valence-corrected chi connectivity index (χ1v) is 15.1. The molecule has 5 heavy (non-hydrogen) atoms. The van der Waals surface area contributed by atoms with Crippen LogP contribution >= 0.6 is 72.2 Å². The normalized spacial score (nSPS) is 15.2. The molecule has 0 spiro atoms. The van der Waals surface area contributed by atoms with Gasteiger partial charge >= 0.3 is 75.4 Å². The van der Waals surface area contributed by atoms with E-state index < -0.39 is 12.1 Å². The van der Waals surface area contributed by atoms with Crippen molar-refractivity contribution in [1.82, 2.24) is 1.74 Å². The molecule has 1 N–H and O–H groups in total. The van der Waals surface area contributed by atoms with E-state index in [0.717, 1.165) is 0 Å². The third-order valence-corrected chi connectivity index (χ3v) is 14.6. The summed E-state index contributed by atoms with van der Waals surface area (Å²) in [6, 6.07) is 0. The zero-order valence-electron chi connectivity index (χ0n) is 2.96. The molecule has 34 valence electrons. The van der Waals surface area contributed by atoms with Crippen molar-refractivity contribution in [3.05, 3.63) is 0 Å². The van der Waals surface area contributed by atoms with Crippen LogP contribution in [-0.4, -0.2) is 0 Å². The van der Waals surface area contributed by atoms with Crippen LogP contribution in [0.25, 0.3) is 0 Å².